The quantitative estimate of drug-likeness (QED) is 0.501. The van der Waals surface area contributed by atoms with Crippen LogP contribution < -0.4 is 5.32 Å². The van der Waals surface area contributed by atoms with E-state index in [2.05, 4.69) is 27.6 Å². The van der Waals surface area contributed by atoms with E-state index in [1.165, 1.54) is 42.2 Å². The van der Waals surface area contributed by atoms with Gasteiger partial charge in [0.05, 0.1) is 11.0 Å². The number of rotatable bonds is 5. The number of carbonyl (C=O) groups is 1. The monoisotopic (exact) mass is 396 g/mol. The maximum absolute atomic E-state index is 12.9. The van der Waals surface area contributed by atoms with E-state index < -0.39 is 10.8 Å². The van der Waals surface area contributed by atoms with E-state index >= 15 is 0 Å². The molecule has 1 unspecified atom stereocenters. The van der Waals surface area contributed by atoms with Crippen molar-refractivity contribution in [2.24, 2.45) is 0 Å². The Morgan fingerprint density at radius 1 is 1.29 bits per heavy atom. The van der Waals surface area contributed by atoms with Crippen molar-refractivity contribution in [3.05, 3.63) is 78.8 Å². The number of nitro groups is 1. The lowest BCUT2D eigenvalue weighted by Gasteiger charge is -2.21. The molecule has 2 N–H and O–H groups in total. The zero-order valence-corrected chi connectivity index (χ0v) is 16.2. The molecule has 0 aliphatic heterocycles. The molecule has 0 fully saturated rings. The molecule has 0 radical (unpaired) electrons. The van der Waals surface area contributed by atoms with Crippen molar-refractivity contribution in [3.63, 3.8) is 0 Å². The van der Waals surface area contributed by atoms with Gasteiger partial charge in [-0.2, -0.15) is 5.10 Å². The topological polar surface area (TPSA) is 101 Å². The Morgan fingerprint density at radius 3 is 2.79 bits per heavy atom. The second-order valence-electron chi connectivity index (χ2n) is 6.96. The van der Waals surface area contributed by atoms with Gasteiger partial charge in [0.2, 0.25) is 5.69 Å². The fourth-order valence-electron chi connectivity index (χ4n) is 3.71. The smallest absolute Gasteiger partial charge is 0.322 e. The van der Waals surface area contributed by atoms with Crippen LogP contribution in [0.5, 0.6) is 0 Å². The van der Waals surface area contributed by atoms with Crippen LogP contribution in [0.3, 0.4) is 0 Å². The van der Waals surface area contributed by atoms with Gasteiger partial charge in [-0.15, -0.1) is 11.3 Å². The van der Waals surface area contributed by atoms with Crippen molar-refractivity contribution in [1.29, 1.82) is 0 Å². The molecule has 1 atom stereocenters. The summed E-state index contributed by atoms with van der Waals surface area (Å²) < 4.78 is 0. The largest absolute Gasteiger partial charge is 0.339 e. The van der Waals surface area contributed by atoms with Crippen LogP contribution in [0.1, 0.15) is 56.6 Å². The third kappa shape index (κ3) is 3.43. The Labute approximate surface area is 165 Å². The second kappa shape index (κ2) is 7.55. The standard InChI is InChI=1S/C20H20N4O3S/c1-12-19(24(26)27)18(23-22-12)20(25)21-17(16-7-4-10-28-16)15-9-8-13-5-2-3-6-14(13)11-15/h4,7-11,17H,2-3,5-6H2,1H3,(H,21,25)(H,22,23). The first-order chi connectivity index (χ1) is 13.5. The van der Waals surface area contributed by atoms with Gasteiger partial charge in [-0.25, -0.2) is 0 Å². The number of hydrogen-bond acceptors (Lipinski definition) is 5. The first kappa shape index (κ1) is 18.4. The average Bonchev–Trinajstić information content (AvgIpc) is 3.35. The number of thiophene rings is 1. The first-order valence-electron chi connectivity index (χ1n) is 9.20. The van der Waals surface area contributed by atoms with Crippen molar-refractivity contribution >= 4 is 22.9 Å². The SMILES string of the molecule is Cc1[nH]nc(C(=O)NC(c2ccc3c(c2)CCCC3)c2cccs2)c1[N+](=O)[O-]. The van der Waals surface area contributed by atoms with Crippen molar-refractivity contribution in [1.82, 2.24) is 15.5 Å². The van der Waals surface area contributed by atoms with Gasteiger partial charge in [0, 0.05) is 4.88 Å². The highest BCUT2D eigenvalue weighted by atomic mass is 32.1. The van der Waals surface area contributed by atoms with Gasteiger partial charge in [0.1, 0.15) is 5.69 Å². The number of aromatic nitrogens is 2. The van der Waals surface area contributed by atoms with Crippen LogP contribution in [0, 0.1) is 17.0 Å². The zero-order valence-electron chi connectivity index (χ0n) is 15.4. The first-order valence-corrected chi connectivity index (χ1v) is 10.1. The normalized spacial score (nSPS) is 14.3. The summed E-state index contributed by atoms with van der Waals surface area (Å²) in [4.78, 5) is 24.6. The van der Waals surface area contributed by atoms with Gasteiger partial charge in [0.15, 0.2) is 0 Å². The number of nitrogens with zero attached hydrogens (tertiary/aromatic N) is 2. The molecule has 2 aromatic heterocycles. The van der Waals surface area contributed by atoms with E-state index in [1.807, 2.05) is 23.6 Å². The van der Waals surface area contributed by atoms with Crippen molar-refractivity contribution in [2.45, 2.75) is 38.6 Å². The molecule has 7 nitrogen and oxygen atoms in total. The van der Waals surface area contributed by atoms with Crippen LogP contribution in [0.25, 0.3) is 0 Å². The van der Waals surface area contributed by atoms with Crippen LogP contribution in [0.4, 0.5) is 5.69 Å². The van der Waals surface area contributed by atoms with E-state index in [0.717, 1.165) is 23.3 Å². The molecular weight excluding hydrogens is 376 g/mol. The van der Waals surface area contributed by atoms with E-state index in [9.17, 15) is 14.9 Å². The molecule has 2 heterocycles. The van der Waals surface area contributed by atoms with Crippen molar-refractivity contribution in [2.75, 3.05) is 0 Å². The lowest BCUT2D eigenvalue weighted by atomic mass is 9.89. The maximum Gasteiger partial charge on any atom is 0.322 e. The third-order valence-electron chi connectivity index (χ3n) is 5.12. The van der Waals surface area contributed by atoms with Gasteiger partial charge in [-0.1, -0.05) is 24.3 Å². The molecule has 3 aromatic rings. The number of carbonyl (C=O) groups excluding carboxylic acids is 1. The molecule has 0 bridgehead atoms. The lowest BCUT2D eigenvalue weighted by Crippen LogP contribution is -2.29. The minimum Gasteiger partial charge on any atom is -0.339 e. The van der Waals surface area contributed by atoms with E-state index in [0.29, 0.717) is 0 Å². The lowest BCUT2D eigenvalue weighted by molar-refractivity contribution is -0.385. The molecule has 0 saturated carbocycles. The number of nitrogens with one attached hydrogen (secondary N) is 2. The fraction of sp³-hybridized carbons (Fsp3) is 0.300. The van der Waals surface area contributed by atoms with E-state index in [1.54, 1.807) is 0 Å². The second-order valence-corrected chi connectivity index (χ2v) is 7.94. The highest BCUT2D eigenvalue weighted by molar-refractivity contribution is 7.10. The number of hydrogen-bond donors (Lipinski definition) is 2. The van der Waals surface area contributed by atoms with Crippen molar-refractivity contribution in [3.8, 4) is 0 Å². The Kier molecular flexibility index (Phi) is 4.95. The number of fused-ring (bicyclic) bond motifs is 1. The molecule has 144 valence electrons. The molecule has 0 saturated heterocycles. The van der Waals surface area contributed by atoms with E-state index in [-0.39, 0.29) is 23.1 Å². The summed E-state index contributed by atoms with van der Waals surface area (Å²) in [6, 6.07) is 9.84. The summed E-state index contributed by atoms with van der Waals surface area (Å²) in [5.74, 6) is -0.563. The zero-order chi connectivity index (χ0) is 19.7. The molecule has 0 spiro atoms. The van der Waals surface area contributed by atoms with Gasteiger partial charge >= 0.3 is 5.69 Å². The Balaban J connectivity index is 1.69. The summed E-state index contributed by atoms with van der Waals surface area (Å²) in [5, 5.41) is 22.6. The van der Waals surface area contributed by atoms with Crippen LogP contribution in [0.2, 0.25) is 0 Å². The molecule has 4 rings (SSSR count). The molecule has 1 aliphatic rings. The summed E-state index contributed by atoms with van der Waals surface area (Å²) >= 11 is 1.54. The van der Waals surface area contributed by atoms with Gasteiger partial charge in [-0.05, 0) is 60.7 Å². The average molecular weight is 396 g/mol. The number of amides is 1. The summed E-state index contributed by atoms with van der Waals surface area (Å²) in [5.41, 5.74) is 3.45. The summed E-state index contributed by atoms with van der Waals surface area (Å²) in [6.07, 6.45) is 4.51. The minimum atomic E-state index is -0.577. The molecule has 28 heavy (non-hydrogen) atoms. The number of H-pyrrole nitrogens is 1. The Morgan fingerprint density at radius 2 is 2.07 bits per heavy atom. The highest BCUT2D eigenvalue weighted by Crippen LogP contribution is 2.31. The van der Waals surface area contributed by atoms with Crippen LogP contribution in [-0.2, 0) is 12.8 Å². The Hall–Kier alpha value is -3.00. The van der Waals surface area contributed by atoms with Crippen LogP contribution >= 0.6 is 11.3 Å². The maximum atomic E-state index is 12.9. The number of aromatic amines is 1. The van der Waals surface area contributed by atoms with Crippen LogP contribution in [-0.4, -0.2) is 21.0 Å². The molecule has 1 aliphatic carbocycles. The van der Waals surface area contributed by atoms with Crippen molar-refractivity contribution < 1.29 is 9.72 Å². The molecular formula is C20H20N4O3S. The Bertz CT molecular complexity index is 1030. The van der Waals surface area contributed by atoms with Gasteiger partial charge in [-0.3, -0.25) is 20.0 Å². The fourth-order valence-corrected chi connectivity index (χ4v) is 4.51. The molecule has 1 amide bonds. The predicted octanol–water partition coefficient (Wildman–Crippen LogP) is 4.09. The van der Waals surface area contributed by atoms with Gasteiger partial charge < -0.3 is 5.32 Å². The minimum absolute atomic E-state index is 0.193. The van der Waals surface area contributed by atoms with Crippen LogP contribution in [0.15, 0.2) is 35.7 Å². The number of benzene rings is 1. The van der Waals surface area contributed by atoms with Gasteiger partial charge in [0.25, 0.3) is 5.91 Å². The molecule has 1 aromatic carbocycles. The summed E-state index contributed by atoms with van der Waals surface area (Å²) in [7, 11) is 0. The van der Waals surface area contributed by atoms with E-state index in [4.69, 9.17) is 0 Å². The number of aryl methyl sites for hydroxylation is 3. The highest BCUT2D eigenvalue weighted by Gasteiger charge is 2.29. The predicted molar refractivity (Wildman–Crippen MR) is 107 cm³/mol. The summed E-state index contributed by atoms with van der Waals surface area (Å²) in [6.45, 7) is 1.53. The molecule has 8 heteroatoms. The third-order valence-corrected chi connectivity index (χ3v) is 6.06.